The number of carbonyl (C=O) groups is 2. The van der Waals surface area contributed by atoms with Gasteiger partial charge in [0.15, 0.2) is 5.78 Å². The van der Waals surface area contributed by atoms with Crippen LogP contribution < -0.4 is 5.32 Å². The number of Topliss-reactive ketones (excluding diaryl/α,β-unsaturated/α-hetero) is 1. The predicted molar refractivity (Wildman–Crippen MR) is 108 cm³/mol. The number of nitrogens with one attached hydrogen (secondary N) is 1. The molecule has 4 aromatic rings. The van der Waals surface area contributed by atoms with Gasteiger partial charge in [0.2, 0.25) is 5.95 Å². The standard InChI is InChI=1S/C23H17N3O3/c27-20-12-15(21-9-4-10-29-21)11-19-18(20)13-24-23(25-19)26-22(28)17-8-3-6-14-5-1-2-7-16(14)17/h1-10,13,15H,11-12H2,(H,24,25,26,28). The van der Waals surface area contributed by atoms with E-state index in [4.69, 9.17) is 4.42 Å². The Morgan fingerprint density at radius 1 is 1.03 bits per heavy atom. The van der Waals surface area contributed by atoms with Crippen molar-refractivity contribution in [3.63, 3.8) is 0 Å². The highest BCUT2D eigenvalue weighted by Crippen LogP contribution is 2.32. The molecule has 2 heterocycles. The number of furan rings is 1. The number of ketones is 1. The van der Waals surface area contributed by atoms with Crippen LogP contribution in [0.5, 0.6) is 0 Å². The fourth-order valence-corrected chi connectivity index (χ4v) is 3.82. The third-order valence-corrected chi connectivity index (χ3v) is 5.24. The molecular formula is C23H17N3O3. The molecule has 0 saturated carbocycles. The number of hydrogen-bond acceptors (Lipinski definition) is 5. The molecule has 0 radical (unpaired) electrons. The highest BCUT2D eigenvalue weighted by Gasteiger charge is 2.29. The van der Waals surface area contributed by atoms with Crippen LogP contribution in [0.15, 0.2) is 71.5 Å². The molecule has 6 heteroatoms. The Morgan fingerprint density at radius 2 is 1.90 bits per heavy atom. The number of rotatable bonds is 3. The van der Waals surface area contributed by atoms with Gasteiger partial charge < -0.3 is 4.42 Å². The summed E-state index contributed by atoms with van der Waals surface area (Å²) in [5, 5.41) is 4.61. The van der Waals surface area contributed by atoms with E-state index in [9.17, 15) is 9.59 Å². The summed E-state index contributed by atoms with van der Waals surface area (Å²) in [7, 11) is 0. The Bertz CT molecular complexity index is 1230. The molecule has 1 aliphatic carbocycles. The first kappa shape index (κ1) is 17.3. The molecular weight excluding hydrogens is 366 g/mol. The third-order valence-electron chi connectivity index (χ3n) is 5.24. The Kier molecular flexibility index (Phi) is 4.17. The molecule has 0 spiro atoms. The molecule has 1 atom stereocenters. The summed E-state index contributed by atoms with van der Waals surface area (Å²) in [6.07, 6.45) is 4.03. The van der Waals surface area contributed by atoms with Crippen molar-refractivity contribution in [1.82, 2.24) is 9.97 Å². The number of fused-ring (bicyclic) bond motifs is 2. The average Bonchev–Trinajstić information content (AvgIpc) is 3.28. The van der Waals surface area contributed by atoms with Crippen LogP contribution in [0.2, 0.25) is 0 Å². The van der Waals surface area contributed by atoms with Crippen LogP contribution in [0.3, 0.4) is 0 Å². The van der Waals surface area contributed by atoms with Gasteiger partial charge in [0.1, 0.15) is 5.76 Å². The maximum Gasteiger partial charge on any atom is 0.258 e. The first-order valence-corrected chi connectivity index (χ1v) is 9.40. The number of aromatic nitrogens is 2. The zero-order valence-electron chi connectivity index (χ0n) is 15.5. The molecule has 2 aromatic carbocycles. The van der Waals surface area contributed by atoms with Gasteiger partial charge in [0.25, 0.3) is 5.91 Å². The molecule has 1 amide bonds. The Morgan fingerprint density at radius 3 is 2.76 bits per heavy atom. The van der Waals surface area contributed by atoms with Crippen molar-refractivity contribution in [3.8, 4) is 0 Å². The molecule has 29 heavy (non-hydrogen) atoms. The summed E-state index contributed by atoms with van der Waals surface area (Å²) < 4.78 is 5.46. The van der Waals surface area contributed by atoms with Gasteiger partial charge in [-0.15, -0.1) is 0 Å². The number of benzene rings is 2. The molecule has 1 aliphatic rings. The third kappa shape index (κ3) is 3.18. The molecule has 0 fully saturated rings. The molecule has 1 unspecified atom stereocenters. The zero-order chi connectivity index (χ0) is 19.8. The summed E-state index contributed by atoms with van der Waals surface area (Å²) in [6, 6.07) is 17.0. The number of hydrogen-bond donors (Lipinski definition) is 1. The second-order valence-corrected chi connectivity index (χ2v) is 7.08. The average molecular weight is 383 g/mol. The maximum atomic E-state index is 12.8. The SMILES string of the molecule is O=C1CC(c2ccco2)Cc2nc(NC(=O)c3cccc4ccccc34)ncc21. The largest absolute Gasteiger partial charge is 0.469 e. The monoisotopic (exact) mass is 383 g/mol. The lowest BCUT2D eigenvalue weighted by molar-refractivity contribution is 0.0958. The topological polar surface area (TPSA) is 85.1 Å². The minimum absolute atomic E-state index is 0.0143. The number of carbonyl (C=O) groups excluding carboxylic acids is 2. The van der Waals surface area contributed by atoms with E-state index >= 15 is 0 Å². The van der Waals surface area contributed by atoms with E-state index in [1.165, 1.54) is 6.20 Å². The number of nitrogens with zero attached hydrogens (tertiary/aromatic N) is 2. The van der Waals surface area contributed by atoms with Crippen LogP contribution in [0.4, 0.5) is 5.95 Å². The summed E-state index contributed by atoms with van der Waals surface area (Å²) in [4.78, 5) is 34.0. The van der Waals surface area contributed by atoms with Crippen molar-refractivity contribution >= 4 is 28.4 Å². The van der Waals surface area contributed by atoms with Gasteiger partial charge in [-0.25, -0.2) is 9.97 Å². The van der Waals surface area contributed by atoms with Gasteiger partial charge in [-0.3, -0.25) is 14.9 Å². The highest BCUT2D eigenvalue weighted by molar-refractivity contribution is 6.12. The van der Waals surface area contributed by atoms with Crippen molar-refractivity contribution in [3.05, 3.63) is 89.6 Å². The summed E-state index contributed by atoms with van der Waals surface area (Å²) in [5.74, 6) is 0.603. The van der Waals surface area contributed by atoms with Crippen molar-refractivity contribution in [2.45, 2.75) is 18.8 Å². The summed E-state index contributed by atoms with van der Waals surface area (Å²) in [6.45, 7) is 0. The first-order chi connectivity index (χ1) is 14.2. The van der Waals surface area contributed by atoms with Gasteiger partial charge in [0.05, 0.1) is 17.5 Å². The smallest absolute Gasteiger partial charge is 0.258 e. The maximum absolute atomic E-state index is 12.8. The summed E-state index contributed by atoms with van der Waals surface area (Å²) >= 11 is 0. The van der Waals surface area contributed by atoms with E-state index in [0.717, 1.165) is 16.5 Å². The normalized spacial score (nSPS) is 15.9. The Balaban J connectivity index is 1.43. The molecule has 0 aliphatic heterocycles. The van der Waals surface area contributed by atoms with Gasteiger partial charge >= 0.3 is 0 Å². The number of amides is 1. The van der Waals surface area contributed by atoms with Gasteiger partial charge in [0, 0.05) is 30.5 Å². The molecule has 5 rings (SSSR count). The van der Waals surface area contributed by atoms with E-state index in [2.05, 4.69) is 15.3 Å². The molecule has 0 bridgehead atoms. The van der Waals surface area contributed by atoms with E-state index < -0.39 is 0 Å². The van der Waals surface area contributed by atoms with Crippen LogP contribution in [0.1, 0.15) is 44.5 Å². The zero-order valence-corrected chi connectivity index (χ0v) is 15.5. The van der Waals surface area contributed by atoms with Crippen LogP contribution in [-0.4, -0.2) is 21.7 Å². The molecule has 1 N–H and O–H groups in total. The van der Waals surface area contributed by atoms with Crippen LogP contribution in [0, 0.1) is 0 Å². The van der Waals surface area contributed by atoms with Crippen LogP contribution >= 0.6 is 0 Å². The van der Waals surface area contributed by atoms with Crippen molar-refractivity contribution in [2.24, 2.45) is 0 Å². The predicted octanol–water partition coefficient (Wildman–Crippen LogP) is 4.39. The van der Waals surface area contributed by atoms with E-state index in [1.54, 1.807) is 12.3 Å². The van der Waals surface area contributed by atoms with E-state index in [-0.39, 0.29) is 23.6 Å². The fourth-order valence-electron chi connectivity index (χ4n) is 3.82. The van der Waals surface area contributed by atoms with E-state index in [0.29, 0.717) is 29.7 Å². The molecule has 6 nitrogen and oxygen atoms in total. The lowest BCUT2D eigenvalue weighted by atomic mass is 9.85. The van der Waals surface area contributed by atoms with Gasteiger partial charge in [-0.2, -0.15) is 0 Å². The van der Waals surface area contributed by atoms with Gasteiger partial charge in [-0.1, -0.05) is 36.4 Å². The molecule has 0 saturated heterocycles. The van der Waals surface area contributed by atoms with Crippen molar-refractivity contribution < 1.29 is 14.0 Å². The minimum atomic E-state index is -0.286. The van der Waals surface area contributed by atoms with Crippen molar-refractivity contribution in [1.29, 1.82) is 0 Å². The first-order valence-electron chi connectivity index (χ1n) is 9.40. The van der Waals surface area contributed by atoms with Crippen LogP contribution in [-0.2, 0) is 6.42 Å². The lowest BCUT2D eigenvalue weighted by Gasteiger charge is -2.21. The molecule has 142 valence electrons. The number of anilines is 1. The lowest BCUT2D eigenvalue weighted by Crippen LogP contribution is -2.22. The second-order valence-electron chi connectivity index (χ2n) is 7.08. The fraction of sp³-hybridized carbons (Fsp3) is 0.130. The van der Waals surface area contributed by atoms with Gasteiger partial charge in [-0.05, 0) is 29.0 Å². The quantitative estimate of drug-likeness (QED) is 0.567. The van der Waals surface area contributed by atoms with Crippen LogP contribution in [0.25, 0.3) is 10.8 Å². The minimum Gasteiger partial charge on any atom is -0.469 e. The summed E-state index contributed by atoms with van der Waals surface area (Å²) in [5.41, 5.74) is 1.69. The second kappa shape index (κ2) is 6.98. The Labute approximate surface area is 166 Å². The van der Waals surface area contributed by atoms with E-state index in [1.807, 2.05) is 48.5 Å². The highest BCUT2D eigenvalue weighted by atomic mass is 16.3. The van der Waals surface area contributed by atoms with Crippen molar-refractivity contribution in [2.75, 3.05) is 5.32 Å². The molecule has 2 aromatic heterocycles. The Hall–Kier alpha value is -3.80.